The topological polar surface area (TPSA) is 37.3 Å². The van der Waals surface area contributed by atoms with Gasteiger partial charge in [-0.15, -0.1) is 11.8 Å². The van der Waals surface area contributed by atoms with Crippen LogP contribution in [0.4, 0.5) is 0 Å². The van der Waals surface area contributed by atoms with Crippen LogP contribution >= 0.6 is 11.8 Å². The summed E-state index contributed by atoms with van der Waals surface area (Å²) >= 11 is 1.81. The van der Waals surface area contributed by atoms with Crippen LogP contribution in [0.3, 0.4) is 0 Å². The summed E-state index contributed by atoms with van der Waals surface area (Å²) in [5.41, 5.74) is 3.75. The van der Waals surface area contributed by atoms with Crippen LogP contribution in [0.15, 0.2) is 53.4 Å². The molecule has 0 aromatic heterocycles. The lowest BCUT2D eigenvalue weighted by Gasteiger charge is -2.10. The number of carbonyl (C=O) groups is 1. The van der Waals surface area contributed by atoms with Crippen molar-refractivity contribution in [2.24, 2.45) is 0 Å². The Kier molecular flexibility index (Phi) is 5.45. The highest BCUT2D eigenvalue weighted by Gasteiger charge is 2.10. The Hall–Kier alpha value is -1.74. The molecule has 1 unspecified atom stereocenters. The van der Waals surface area contributed by atoms with Crippen molar-refractivity contribution < 1.29 is 9.90 Å². The number of benzene rings is 2. The molecule has 2 rings (SSSR count). The Bertz CT molecular complexity index is 605. The minimum Gasteiger partial charge on any atom is -0.481 e. The summed E-state index contributed by atoms with van der Waals surface area (Å²) in [7, 11) is 0. The van der Waals surface area contributed by atoms with Crippen molar-refractivity contribution in [1.29, 1.82) is 0 Å². The van der Waals surface area contributed by atoms with Crippen LogP contribution in [0.25, 0.3) is 0 Å². The van der Waals surface area contributed by atoms with E-state index in [9.17, 15) is 4.79 Å². The van der Waals surface area contributed by atoms with Crippen LogP contribution in [0.5, 0.6) is 0 Å². The molecule has 1 N–H and O–H groups in total. The Morgan fingerprint density at radius 3 is 2.43 bits per heavy atom. The third-order valence-electron chi connectivity index (χ3n) is 3.59. The predicted molar refractivity (Wildman–Crippen MR) is 87.8 cm³/mol. The van der Waals surface area contributed by atoms with Gasteiger partial charge < -0.3 is 5.11 Å². The highest BCUT2D eigenvalue weighted by atomic mass is 32.2. The van der Waals surface area contributed by atoms with Gasteiger partial charge in [-0.25, -0.2) is 0 Å². The quantitative estimate of drug-likeness (QED) is 0.774. The smallest absolute Gasteiger partial charge is 0.303 e. The van der Waals surface area contributed by atoms with E-state index in [1.807, 2.05) is 19.1 Å². The maximum absolute atomic E-state index is 10.7. The monoisotopic (exact) mass is 300 g/mol. The fraction of sp³-hybridized carbons (Fsp3) is 0.278. The predicted octanol–water partition coefficient (Wildman–Crippen LogP) is 4.87. The van der Waals surface area contributed by atoms with Gasteiger partial charge in [0.15, 0.2) is 0 Å². The zero-order valence-corrected chi connectivity index (χ0v) is 13.2. The maximum atomic E-state index is 10.7. The molecule has 2 aromatic carbocycles. The fourth-order valence-corrected chi connectivity index (χ4v) is 3.18. The first-order chi connectivity index (χ1) is 10.1. The van der Waals surface area contributed by atoms with Crippen LogP contribution < -0.4 is 0 Å². The normalized spacial score (nSPS) is 12.1. The number of aliphatic carboxylic acids is 1. The van der Waals surface area contributed by atoms with E-state index in [2.05, 4.69) is 43.3 Å². The van der Waals surface area contributed by atoms with E-state index in [1.165, 1.54) is 16.0 Å². The minimum atomic E-state index is -0.750. The number of aryl methyl sites for hydroxylation is 1. The summed E-state index contributed by atoms with van der Waals surface area (Å²) in [6.45, 7) is 4.08. The molecule has 2 nitrogen and oxygen atoms in total. The van der Waals surface area contributed by atoms with E-state index in [0.29, 0.717) is 0 Å². The summed E-state index contributed by atoms with van der Waals surface area (Å²) in [4.78, 5) is 11.9. The van der Waals surface area contributed by atoms with Gasteiger partial charge in [-0.05, 0) is 41.7 Å². The average molecular weight is 300 g/mol. The summed E-state index contributed by atoms with van der Waals surface area (Å²) in [6.07, 6.45) is 0.176. The second-order valence-electron chi connectivity index (χ2n) is 5.28. The summed E-state index contributed by atoms with van der Waals surface area (Å²) in [5.74, 6) is 0.259. The molecule has 0 saturated carbocycles. The van der Waals surface area contributed by atoms with E-state index in [1.54, 1.807) is 11.8 Å². The summed E-state index contributed by atoms with van der Waals surface area (Å²) < 4.78 is 0. The van der Waals surface area contributed by atoms with Crippen molar-refractivity contribution in [2.45, 2.75) is 36.8 Å². The van der Waals surface area contributed by atoms with E-state index >= 15 is 0 Å². The van der Waals surface area contributed by atoms with Crippen LogP contribution in [0, 0.1) is 6.92 Å². The molecule has 0 heterocycles. The van der Waals surface area contributed by atoms with Crippen LogP contribution in [0.1, 0.15) is 36.0 Å². The van der Waals surface area contributed by atoms with E-state index in [0.717, 1.165) is 11.3 Å². The highest BCUT2D eigenvalue weighted by Crippen LogP contribution is 2.27. The molecule has 2 aromatic rings. The molecule has 0 aliphatic rings. The molecule has 0 aliphatic carbocycles. The number of carboxylic acids is 1. The van der Waals surface area contributed by atoms with Crippen LogP contribution in [-0.2, 0) is 10.5 Å². The number of thioether (sulfide) groups is 1. The van der Waals surface area contributed by atoms with Gasteiger partial charge in [0.2, 0.25) is 0 Å². The summed E-state index contributed by atoms with van der Waals surface area (Å²) in [6, 6.07) is 16.6. The summed E-state index contributed by atoms with van der Waals surface area (Å²) in [5, 5.41) is 8.83. The largest absolute Gasteiger partial charge is 0.481 e. The van der Waals surface area contributed by atoms with E-state index < -0.39 is 5.97 Å². The van der Waals surface area contributed by atoms with Gasteiger partial charge in [-0.3, -0.25) is 4.79 Å². The number of hydrogen-bond acceptors (Lipinski definition) is 2. The molecule has 0 aliphatic heterocycles. The third-order valence-corrected chi connectivity index (χ3v) is 4.65. The second-order valence-corrected chi connectivity index (χ2v) is 6.33. The van der Waals surface area contributed by atoms with Gasteiger partial charge in [0.1, 0.15) is 0 Å². The zero-order valence-electron chi connectivity index (χ0n) is 12.4. The molecule has 1 atom stereocenters. The van der Waals surface area contributed by atoms with Crippen molar-refractivity contribution in [3.8, 4) is 0 Å². The first kappa shape index (κ1) is 15.6. The van der Waals surface area contributed by atoms with Crippen molar-refractivity contribution in [1.82, 2.24) is 0 Å². The average Bonchev–Trinajstić information content (AvgIpc) is 2.46. The van der Waals surface area contributed by atoms with Gasteiger partial charge in [-0.1, -0.05) is 43.3 Å². The molecule has 3 heteroatoms. The number of hydrogen-bond donors (Lipinski definition) is 1. The molecule has 0 saturated heterocycles. The standard InChI is InChI=1S/C18H20O2S/c1-13-5-3-4-6-16(13)12-21-17-9-7-15(8-10-17)14(2)11-18(19)20/h3-10,14H,11-12H2,1-2H3,(H,19,20). The maximum Gasteiger partial charge on any atom is 0.303 e. The number of rotatable bonds is 6. The van der Waals surface area contributed by atoms with Crippen molar-refractivity contribution >= 4 is 17.7 Å². The van der Waals surface area contributed by atoms with Crippen molar-refractivity contribution in [3.63, 3.8) is 0 Å². The van der Waals surface area contributed by atoms with E-state index in [4.69, 9.17) is 5.11 Å². The van der Waals surface area contributed by atoms with E-state index in [-0.39, 0.29) is 12.3 Å². The fourth-order valence-electron chi connectivity index (χ4n) is 2.21. The first-order valence-corrected chi connectivity index (χ1v) is 8.04. The van der Waals surface area contributed by atoms with Crippen molar-refractivity contribution in [3.05, 3.63) is 65.2 Å². The molecule has 0 amide bonds. The van der Waals surface area contributed by atoms with Gasteiger partial charge in [0.05, 0.1) is 6.42 Å². The Balaban J connectivity index is 1.96. The first-order valence-electron chi connectivity index (χ1n) is 7.05. The van der Waals surface area contributed by atoms with Gasteiger partial charge >= 0.3 is 5.97 Å². The Morgan fingerprint density at radius 2 is 1.81 bits per heavy atom. The van der Waals surface area contributed by atoms with Gasteiger partial charge in [-0.2, -0.15) is 0 Å². The van der Waals surface area contributed by atoms with Crippen molar-refractivity contribution in [2.75, 3.05) is 0 Å². The molecule has 0 radical (unpaired) electrons. The molecule has 0 fully saturated rings. The Labute approximate surface area is 130 Å². The lowest BCUT2D eigenvalue weighted by atomic mass is 9.98. The highest BCUT2D eigenvalue weighted by molar-refractivity contribution is 7.98. The van der Waals surface area contributed by atoms with Crippen LogP contribution in [-0.4, -0.2) is 11.1 Å². The second kappa shape index (κ2) is 7.32. The number of carboxylic acid groups (broad SMARTS) is 1. The molecule has 21 heavy (non-hydrogen) atoms. The molecular formula is C18H20O2S. The minimum absolute atomic E-state index is 0.0536. The molecular weight excluding hydrogens is 280 g/mol. The molecule has 0 spiro atoms. The SMILES string of the molecule is Cc1ccccc1CSc1ccc(C(C)CC(=O)O)cc1. The third kappa shape index (κ3) is 4.64. The van der Waals surface area contributed by atoms with Gasteiger partial charge in [0.25, 0.3) is 0 Å². The zero-order chi connectivity index (χ0) is 15.2. The van der Waals surface area contributed by atoms with Crippen LogP contribution in [0.2, 0.25) is 0 Å². The van der Waals surface area contributed by atoms with Gasteiger partial charge in [0, 0.05) is 10.6 Å². The molecule has 0 bridgehead atoms. The lowest BCUT2D eigenvalue weighted by Crippen LogP contribution is -2.02. The lowest BCUT2D eigenvalue weighted by molar-refractivity contribution is -0.137. The Morgan fingerprint density at radius 1 is 1.14 bits per heavy atom. The molecule has 110 valence electrons.